The summed E-state index contributed by atoms with van der Waals surface area (Å²) in [5, 5.41) is 12.0. The number of aryl methyl sites for hydroxylation is 1. The van der Waals surface area contributed by atoms with Crippen LogP contribution in [0.1, 0.15) is 30.4 Å². The topological polar surface area (TPSA) is 49.3 Å². The number of carbonyl (C=O) groups excluding carboxylic acids is 1. The summed E-state index contributed by atoms with van der Waals surface area (Å²) in [4.78, 5) is 11.9. The van der Waals surface area contributed by atoms with Crippen LogP contribution in [0.4, 0.5) is 0 Å². The lowest BCUT2D eigenvalue weighted by Gasteiger charge is -2.17. The Kier molecular flexibility index (Phi) is 4.37. The quantitative estimate of drug-likeness (QED) is 0.805. The van der Waals surface area contributed by atoms with Crippen molar-refractivity contribution in [3.63, 3.8) is 0 Å². The zero-order valence-electron chi connectivity index (χ0n) is 10.9. The summed E-state index contributed by atoms with van der Waals surface area (Å²) in [7, 11) is 0. The predicted octanol–water partition coefficient (Wildman–Crippen LogP) is 1.81. The maximum Gasteiger partial charge on any atom is 0.224 e. The Morgan fingerprint density at radius 2 is 2.28 bits per heavy atom. The highest BCUT2D eigenvalue weighted by atomic mass is 16.3. The Labute approximate surface area is 108 Å². The minimum absolute atomic E-state index is 0.0611. The summed E-state index contributed by atoms with van der Waals surface area (Å²) in [5.41, 5.74) is 2.22. The number of rotatable bonds is 6. The monoisotopic (exact) mass is 247 g/mol. The molecule has 98 valence electrons. The minimum atomic E-state index is 0.0611. The van der Waals surface area contributed by atoms with Crippen LogP contribution in [0.5, 0.6) is 0 Å². The highest BCUT2D eigenvalue weighted by Gasteiger charge is 2.31. The van der Waals surface area contributed by atoms with E-state index in [4.69, 9.17) is 5.11 Å². The zero-order chi connectivity index (χ0) is 13.0. The van der Waals surface area contributed by atoms with Gasteiger partial charge in [0, 0.05) is 12.6 Å². The summed E-state index contributed by atoms with van der Waals surface area (Å²) >= 11 is 0. The van der Waals surface area contributed by atoms with E-state index < -0.39 is 0 Å². The van der Waals surface area contributed by atoms with Gasteiger partial charge in [-0.2, -0.15) is 0 Å². The molecule has 1 amide bonds. The van der Waals surface area contributed by atoms with Gasteiger partial charge in [-0.3, -0.25) is 4.79 Å². The van der Waals surface area contributed by atoms with Crippen molar-refractivity contribution in [3.05, 3.63) is 35.4 Å². The molecule has 3 heteroatoms. The first kappa shape index (κ1) is 13.1. The lowest BCUT2D eigenvalue weighted by Crippen LogP contribution is -2.38. The molecule has 0 bridgehead atoms. The van der Waals surface area contributed by atoms with Crippen molar-refractivity contribution in [3.8, 4) is 0 Å². The van der Waals surface area contributed by atoms with Crippen LogP contribution in [0.2, 0.25) is 0 Å². The Bertz CT molecular complexity index is 413. The van der Waals surface area contributed by atoms with E-state index in [0.717, 1.165) is 5.56 Å². The molecule has 2 N–H and O–H groups in total. The Morgan fingerprint density at radius 3 is 2.89 bits per heavy atom. The second-order valence-electron chi connectivity index (χ2n) is 5.19. The molecule has 1 aromatic carbocycles. The molecule has 3 nitrogen and oxygen atoms in total. The van der Waals surface area contributed by atoms with Crippen molar-refractivity contribution in [2.24, 2.45) is 5.92 Å². The van der Waals surface area contributed by atoms with Crippen LogP contribution < -0.4 is 5.32 Å². The van der Waals surface area contributed by atoms with Gasteiger partial charge in [-0.25, -0.2) is 0 Å². The van der Waals surface area contributed by atoms with E-state index in [-0.39, 0.29) is 18.6 Å². The first-order chi connectivity index (χ1) is 8.69. The van der Waals surface area contributed by atoms with Gasteiger partial charge in [0.25, 0.3) is 0 Å². The van der Waals surface area contributed by atoms with Gasteiger partial charge in [-0.1, -0.05) is 29.8 Å². The molecule has 18 heavy (non-hydrogen) atoms. The number of benzene rings is 1. The SMILES string of the molecule is Cc1cccc(CC(=O)NC(CCO)C2CC2)c1. The fourth-order valence-electron chi connectivity index (χ4n) is 2.33. The molecule has 1 saturated carbocycles. The number of aliphatic hydroxyl groups is 1. The molecule has 0 spiro atoms. The molecule has 1 aromatic rings. The highest BCUT2D eigenvalue weighted by molar-refractivity contribution is 5.79. The van der Waals surface area contributed by atoms with E-state index in [9.17, 15) is 4.79 Å². The minimum Gasteiger partial charge on any atom is -0.396 e. The van der Waals surface area contributed by atoms with Crippen molar-refractivity contribution in [1.29, 1.82) is 0 Å². The third-order valence-electron chi connectivity index (χ3n) is 3.42. The van der Waals surface area contributed by atoms with Crippen molar-refractivity contribution in [1.82, 2.24) is 5.32 Å². The van der Waals surface area contributed by atoms with Gasteiger partial charge in [0.05, 0.1) is 6.42 Å². The van der Waals surface area contributed by atoms with Gasteiger partial charge < -0.3 is 10.4 Å². The van der Waals surface area contributed by atoms with E-state index >= 15 is 0 Å². The summed E-state index contributed by atoms with van der Waals surface area (Å²) < 4.78 is 0. The third kappa shape index (κ3) is 3.84. The number of hydrogen-bond donors (Lipinski definition) is 2. The number of nitrogens with one attached hydrogen (secondary N) is 1. The Morgan fingerprint density at radius 1 is 1.50 bits per heavy atom. The van der Waals surface area contributed by atoms with Crippen LogP contribution in [0.25, 0.3) is 0 Å². The number of amides is 1. The molecule has 0 aromatic heterocycles. The molecule has 0 heterocycles. The normalized spacial score (nSPS) is 16.3. The standard InChI is InChI=1S/C15H21NO2/c1-11-3-2-4-12(9-11)10-15(18)16-14(7-8-17)13-5-6-13/h2-4,9,13-14,17H,5-8,10H2,1H3,(H,16,18). The van der Waals surface area contributed by atoms with Crippen LogP contribution in [0.15, 0.2) is 24.3 Å². The van der Waals surface area contributed by atoms with Crippen molar-refractivity contribution in [2.75, 3.05) is 6.61 Å². The van der Waals surface area contributed by atoms with E-state index in [1.165, 1.54) is 18.4 Å². The molecule has 1 fully saturated rings. The van der Waals surface area contributed by atoms with E-state index in [2.05, 4.69) is 5.32 Å². The fourth-order valence-corrected chi connectivity index (χ4v) is 2.33. The fraction of sp³-hybridized carbons (Fsp3) is 0.533. The largest absolute Gasteiger partial charge is 0.396 e. The number of hydrogen-bond acceptors (Lipinski definition) is 2. The molecule has 0 saturated heterocycles. The summed E-state index contributed by atoms with van der Waals surface area (Å²) in [6.45, 7) is 2.17. The van der Waals surface area contributed by atoms with Crippen molar-refractivity contribution < 1.29 is 9.90 Å². The average Bonchev–Trinajstić information content (AvgIpc) is 3.12. The predicted molar refractivity (Wildman–Crippen MR) is 71.2 cm³/mol. The summed E-state index contributed by atoms with van der Waals surface area (Å²) in [6, 6.07) is 8.18. The van der Waals surface area contributed by atoms with Crippen molar-refractivity contribution >= 4 is 5.91 Å². The first-order valence-corrected chi connectivity index (χ1v) is 6.65. The Balaban J connectivity index is 1.87. The maximum absolute atomic E-state index is 11.9. The second kappa shape index (κ2) is 6.01. The molecule has 1 aliphatic rings. The van der Waals surface area contributed by atoms with Crippen LogP contribution >= 0.6 is 0 Å². The van der Waals surface area contributed by atoms with Gasteiger partial charge in [0.1, 0.15) is 0 Å². The molecular weight excluding hydrogens is 226 g/mol. The van der Waals surface area contributed by atoms with Gasteiger partial charge >= 0.3 is 0 Å². The van der Waals surface area contributed by atoms with Gasteiger partial charge in [-0.05, 0) is 37.7 Å². The lowest BCUT2D eigenvalue weighted by molar-refractivity contribution is -0.121. The molecule has 0 radical (unpaired) electrons. The van der Waals surface area contributed by atoms with Crippen LogP contribution in [-0.4, -0.2) is 23.7 Å². The van der Waals surface area contributed by atoms with Crippen LogP contribution in [0.3, 0.4) is 0 Å². The lowest BCUT2D eigenvalue weighted by atomic mass is 10.1. The molecule has 0 aliphatic heterocycles. The van der Waals surface area contributed by atoms with Gasteiger partial charge in [0.15, 0.2) is 0 Å². The molecule has 2 rings (SSSR count). The molecule has 1 unspecified atom stereocenters. The summed E-state index contributed by atoms with van der Waals surface area (Å²) in [6.07, 6.45) is 3.45. The number of carbonyl (C=O) groups is 1. The molecular formula is C15H21NO2. The average molecular weight is 247 g/mol. The Hall–Kier alpha value is -1.35. The van der Waals surface area contributed by atoms with Crippen LogP contribution in [-0.2, 0) is 11.2 Å². The maximum atomic E-state index is 11.9. The van der Waals surface area contributed by atoms with E-state index in [1.54, 1.807) is 0 Å². The van der Waals surface area contributed by atoms with Crippen LogP contribution in [0, 0.1) is 12.8 Å². The molecule has 1 aliphatic carbocycles. The first-order valence-electron chi connectivity index (χ1n) is 6.65. The van der Waals surface area contributed by atoms with E-state index in [1.807, 2.05) is 31.2 Å². The highest BCUT2D eigenvalue weighted by Crippen LogP contribution is 2.33. The zero-order valence-corrected chi connectivity index (χ0v) is 10.9. The second-order valence-corrected chi connectivity index (χ2v) is 5.19. The number of aliphatic hydroxyl groups excluding tert-OH is 1. The summed E-state index contributed by atoms with van der Waals surface area (Å²) in [5.74, 6) is 0.643. The van der Waals surface area contributed by atoms with Gasteiger partial charge in [-0.15, -0.1) is 0 Å². The molecule has 1 atom stereocenters. The van der Waals surface area contributed by atoms with Crippen molar-refractivity contribution in [2.45, 2.75) is 38.6 Å². The third-order valence-corrected chi connectivity index (χ3v) is 3.42. The van der Waals surface area contributed by atoms with E-state index in [0.29, 0.717) is 18.8 Å². The smallest absolute Gasteiger partial charge is 0.224 e. The van der Waals surface area contributed by atoms with Gasteiger partial charge in [0.2, 0.25) is 5.91 Å².